The Balaban J connectivity index is 1.84. The van der Waals surface area contributed by atoms with Crippen LogP contribution in [0.4, 0.5) is 5.69 Å². The Morgan fingerprint density at radius 1 is 1.04 bits per heavy atom. The number of nitrogens with zero attached hydrogens (tertiary/aromatic N) is 1. The molecule has 0 saturated carbocycles. The van der Waals surface area contributed by atoms with Gasteiger partial charge in [0.25, 0.3) is 11.5 Å². The topological polar surface area (TPSA) is 74.8 Å². The van der Waals surface area contributed by atoms with Crippen LogP contribution in [0, 0.1) is 0 Å². The van der Waals surface area contributed by atoms with Crippen LogP contribution in [0.1, 0.15) is 10.4 Å². The lowest BCUT2D eigenvalue weighted by atomic mass is 10.2. The Morgan fingerprint density at radius 2 is 1.74 bits per heavy atom. The van der Waals surface area contributed by atoms with E-state index in [1.54, 1.807) is 24.3 Å². The Hall–Kier alpha value is -2.92. The van der Waals surface area contributed by atoms with Crippen molar-refractivity contribution >= 4 is 23.2 Å². The largest absolute Gasteiger partial charge is 0.322 e. The lowest BCUT2D eigenvalue weighted by Gasteiger charge is -2.05. The highest BCUT2D eigenvalue weighted by Crippen LogP contribution is 2.15. The van der Waals surface area contributed by atoms with Crippen LogP contribution >= 0.6 is 11.6 Å². The average Bonchev–Trinajstić information content (AvgIpc) is 2.57. The van der Waals surface area contributed by atoms with Crippen molar-refractivity contribution < 1.29 is 4.79 Å². The lowest BCUT2D eigenvalue weighted by Crippen LogP contribution is -2.24. The van der Waals surface area contributed by atoms with Gasteiger partial charge in [-0.2, -0.15) is 0 Å². The number of aromatic nitrogens is 2. The molecule has 0 atom stereocenters. The highest BCUT2D eigenvalue weighted by atomic mass is 35.5. The zero-order valence-corrected chi connectivity index (χ0v) is 12.7. The van der Waals surface area contributed by atoms with Gasteiger partial charge in [-0.1, -0.05) is 41.9 Å². The molecule has 1 heterocycles. The summed E-state index contributed by atoms with van der Waals surface area (Å²) in [5, 5.41) is 3.19. The summed E-state index contributed by atoms with van der Waals surface area (Å²) >= 11 is 5.79. The molecule has 2 N–H and O–H groups in total. The van der Waals surface area contributed by atoms with E-state index in [9.17, 15) is 9.59 Å². The molecule has 5 nitrogen and oxygen atoms in total. The van der Waals surface area contributed by atoms with Crippen LogP contribution < -0.4 is 10.9 Å². The van der Waals surface area contributed by atoms with Crippen molar-refractivity contribution in [2.45, 2.75) is 0 Å². The van der Waals surface area contributed by atoms with Crippen molar-refractivity contribution in [2.24, 2.45) is 0 Å². The fourth-order valence-electron chi connectivity index (χ4n) is 2.03. The number of hydrogen-bond donors (Lipinski definition) is 2. The molecule has 2 aromatic carbocycles. The zero-order valence-electron chi connectivity index (χ0n) is 11.9. The van der Waals surface area contributed by atoms with Crippen molar-refractivity contribution in [3.63, 3.8) is 0 Å². The summed E-state index contributed by atoms with van der Waals surface area (Å²) in [4.78, 5) is 31.1. The second-order valence-corrected chi connectivity index (χ2v) is 5.24. The van der Waals surface area contributed by atoms with E-state index in [4.69, 9.17) is 11.6 Å². The first kappa shape index (κ1) is 15.0. The number of H-pyrrole nitrogens is 1. The summed E-state index contributed by atoms with van der Waals surface area (Å²) in [5.74, 6) is -0.112. The first-order valence-electron chi connectivity index (χ1n) is 6.85. The molecule has 0 unspecified atom stereocenters. The normalized spacial score (nSPS) is 10.3. The van der Waals surface area contributed by atoms with E-state index in [0.717, 1.165) is 5.56 Å². The fourth-order valence-corrected chi connectivity index (χ4v) is 2.16. The van der Waals surface area contributed by atoms with Gasteiger partial charge < -0.3 is 10.3 Å². The predicted octanol–water partition coefficient (Wildman–Crippen LogP) is 3.34. The summed E-state index contributed by atoms with van der Waals surface area (Å²) in [6.45, 7) is 0. The van der Waals surface area contributed by atoms with Crippen LogP contribution in [0.5, 0.6) is 0 Å². The first-order valence-corrected chi connectivity index (χ1v) is 7.23. The molecule has 3 rings (SSSR count). The summed E-state index contributed by atoms with van der Waals surface area (Å²) in [5.41, 5.74) is 0.769. The van der Waals surface area contributed by atoms with E-state index >= 15 is 0 Å². The fraction of sp³-hybridized carbons (Fsp3) is 0. The molecule has 1 amide bonds. The molecular weight excluding hydrogens is 314 g/mol. The average molecular weight is 326 g/mol. The van der Waals surface area contributed by atoms with Gasteiger partial charge in [-0.15, -0.1) is 0 Å². The van der Waals surface area contributed by atoms with Gasteiger partial charge in [0.05, 0.1) is 0 Å². The smallest absolute Gasteiger partial charge is 0.264 e. The second-order valence-electron chi connectivity index (χ2n) is 4.80. The summed E-state index contributed by atoms with van der Waals surface area (Å²) in [7, 11) is 0. The third kappa shape index (κ3) is 3.46. The van der Waals surface area contributed by atoms with Gasteiger partial charge in [-0.05, 0) is 24.3 Å². The molecule has 0 saturated heterocycles. The Morgan fingerprint density at radius 3 is 2.39 bits per heavy atom. The van der Waals surface area contributed by atoms with Crippen molar-refractivity contribution in [3.8, 4) is 11.4 Å². The highest BCUT2D eigenvalue weighted by Gasteiger charge is 2.12. The van der Waals surface area contributed by atoms with E-state index in [-0.39, 0.29) is 5.56 Å². The Kier molecular flexibility index (Phi) is 4.21. The predicted molar refractivity (Wildman–Crippen MR) is 89.7 cm³/mol. The van der Waals surface area contributed by atoms with Crippen LogP contribution in [0.2, 0.25) is 5.02 Å². The number of anilines is 1. The number of carbonyl (C=O) groups is 1. The van der Waals surface area contributed by atoms with Crippen LogP contribution in [0.25, 0.3) is 11.4 Å². The van der Waals surface area contributed by atoms with E-state index in [0.29, 0.717) is 16.5 Å². The number of halogens is 1. The summed E-state index contributed by atoms with van der Waals surface area (Å²) < 4.78 is 0. The third-order valence-electron chi connectivity index (χ3n) is 3.19. The number of nitrogens with one attached hydrogen (secondary N) is 2. The van der Waals surface area contributed by atoms with Gasteiger partial charge >= 0.3 is 0 Å². The molecule has 0 fully saturated rings. The molecule has 0 bridgehead atoms. The quantitative estimate of drug-likeness (QED) is 0.775. The van der Waals surface area contributed by atoms with Crippen molar-refractivity contribution in [1.29, 1.82) is 0 Å². The number of benzene rings is 2. The number of carbonyl (C=O) groups excluding carboxylic acids is 1. The molecule has 1 aromatic heterocycles. The van der Waals surface area contributed by atoms with E-state index in [1.807, 2.05) is 30.3 Å². The van der Waals surface area contributed by atoms with Crippen molar-refractivity contribution in [2.75, 3.05) is 5.32 Å². The standard InChI is InChI=1S/C17H12ClN3O2/c18-12-6-8-13(9-7-12)20-16(22)14-10-19-15(21-17(14)23)11-4-2-1-3-5-11/h1-10H,(H,20,22)(H,19,21,23). The van der Waals surface area contributed by atoms with Crippen LogP contribution in [-0.2, 0) is 0 Å². The zero-order chi connectivity index (χ0) is 16.2. The molecule has 23 heavy (non-hydrogen) atoms. The minimum absolute atomic E-state index is 0.0559. The lowest BCUT2D eigenvalue weighted by molar-refractivity contribution is 0.102. The van der Waals surface area contributed by atoms with E-state index < -0.39 is 11.5 Å². The number of aromatic amines is 1. The SMILES string of the molecule is O=C(Nc1ccc(Cl)cc1)c1cnc(-c2ccccc2)[nH]c1=O. The minimum atomic E-state index is -0.527. The number of amides is 1. The number of rotatable bonds is 3. The molecule has 0 aliphatic heterocycles. The molecule has 6 heteroatoms. The van der Waals surface area contributed by atoms with Gasteiger partial charge in [0.15, 0.2) is 0 Å². The monoisotopic (exact) mass is 325 g/mol. The molecule has 0 radical (unpaired) electrons. The second kappa shape index (κ2) is 6.46. The van der Waals surface area contributed by atoms with Gasteiger partial charge in [0.2, 0.25) is 0 Å². The van der Waals surface area contributed by atoms with Gasteiger partial charge in [-0.3, -0.25) is 9.59 Å². The highest BCUT2D eigenvalue weighted by molar-refractivity contribution is 6.30. The van der Waals surface area contributed by atoms with Crippen molar-refractivity contribution in [1.82, 2.24) is 9.97 Å². The third-order valence-corrected chi connectivity index (χ3v) is 3.45. The van der Waals surface area contributed by atoms with Crippen LogP contribution in [0.15, 0.2) is 65.6 Å². The van der Waals surface area contributed by atoms with Crippen molar-refractivity contribution in [3.05, 3.63) is 81.7 Å². The number of hydrogen-bond acceptors (Lipinski definition) is 3. The van der Waals surface area contributed by atoms with Gasteiger partial charge in [0, 0.05) is 22.5 Å². The first-order chi connectivity index (χ1) is 11.1. The molecule has 0 aliphatic rings. The molecule has 0 spiro atoms. The maximum Gasteiger partial charge on any atom is 0.264 e. The van der Waals surface area contributed by atoms with Crippen LogP contribution in [0.3, 0.4) is 0 Å². The Bertz CT molecular complexity index is 890. The van der Waals surface area contributed by atoms with E-state index in [1.165, 1.54) is 6.20 Å². The Labute approximate surface area is 137 Å². The summed E-state index contributed by atoms with van der Waals surface area (Å²) in [6.07, 6.45) is 1.27. The van der Waals surface area contributed by atoms with E-state index in [2.05, 4.69) is 15.3 Å². The maximum absolute atomic E-state index is 12.2. The molecule has 0 aliphatic carbocycles. The van der Waals surface area contributed by atoms with Gasteiger partial charge in [-0.25, -0.2) is 4.98 Å². The maximum atomic E-state index is 12.2. The minimum Gasteiger partial charge on any atom is -0.322 e. The molecular formula is C17H12ClN3O2. The molecule has 114 valence electrons. The molecule has 3 aromatic rings. The van der Waals surface area contributed by atoms with Gasteiger partial charge in [0.1, 0.15) is 11.4 Å². The summed E-state index contributed by atoms with van der Waals surface area (Å²) in [6, 6.07) is 15.8. The van der Waals surface area contributed by atoms with Crippen LogP contribution in [-0.4, -0.2) is 15.9 Å².